The zero-order chi connectivity index (χ0) is 27.5. The fourth-order valence-electron chi connectivity index (χ4n) is 3.64. The highest BCUT2D eigenvalue weighted by Crippen LogP contribution is 2.33. The largest absolute Gasteiger partial charge is 0.377 e. The Morgan fingerprint density at radius 1 is 0.816 bits per heavy atom. The number of hydrogen-bond donors (Lipinski definition) is 0. The number of sulfonamides is 1. The van der Waals surface area contributed by atoms with Gasteiger partial charge in [0.25, 0.3) is 10.0 Å². The van der Waals surface area contributed by atoms with Gasteiger partial charge in [0.15, 0.2) is 5.76 Å². The van der Waals surface area contributed by atoms with E-state index in [1.807, 2.05) is 19.9 Å². The van der Waals surface area contributed by atoms with Gasteiger partial charge in [0.05, 0.1) is 16.5 Å². The maximum atomic E-state index is 13.1. The molecule has 10 heteroatoms. The van der Waals surface area contributed by atoms with Gasteiger partial charge in [-0.15, -0.1) is 0 Å². The molecule has 194 valence electrons. The number of rotatable bonds is 7. The molecule has 1 aliphatic rings. The summed E-state index contributed by atoms with van der Waals surface area (Å²) in [5.74, 6) is -0.942. The highest BCUT2D eigenvalue weighted by Gasteiger charge is 2.28. The predicted octanol–water partition coefficient (Wildman–Crippen LogP) is 5.95. The van der Waals surface area contributed by atoms with Gasteiger partial charge in [-0.25, -0.2) is 12.7 Å². The van der Waals surface area contributed by atoms with E-state index in [2.05, 4.69) is 0 Å². The van der Waals surface area contributed by atoms with Crippen molar-refractivity contribution in [2.75, 3.05) is 0 Å². The first kappa shape index (κ1) is 27.2. The number of hydrogen-bond acceptors (Lipinski definition) is 6. The van der Waals surface area contributed by atoms with Crippen LogP contribution in [0.5, 0.6) is 0 Å². The second-order valence-electron chi connectivity index (χ2n) is 8.57. The lowest BCUT2D eigenvalue weighted by molar-refractivity contribution is 0.460. The second-order valence-corrected chi connectivity index (χ2v) is 12.4. The Morgan fingerprint density at radius 2 is 1.32 bits per heavy atom. The molecule has 3 aromatic rings. The van der Waals surface area contributed by atoms with Crippen molar-refractivity contribution in [3.8, 4) is 6.07 Å². The third-order valence-electron chi connectivity index (χ3n) is 5.78. The first-order valence-corrected chi connectivity index (χ1v) is 14.6. The lowest BCUT2D eigenvalue weighted by Crippen LogP contribution is -2.23. The minimum Gasteiger partial charge on any atom is -0.377 e. The van der Waals surface area contributed by atoms with Gasteiger partial charge in [-0.1, -0.05) is 59.1 Å². The van der Waals surface area contributed by atoms with Crippen molar-refractivity contribution in [3.05, 3.63) is 125 Å². The van der Waals surface area contributed by atoms with Crippen LogP contribution in [0.25, 0.3) is 5.76 Å². The smallest absolute Gasteiger partial charge is 0.339 e. The van der Waals surface area contributed by atoms with Crippen molar-refractivity contribution in [1.29, 1.82) is 5.26 Å². The van der Waals surface area contributed by atoms with E-state index in [-0.39, 0.29) is 21.1 Å². The zero-order valence-corrected chi connectivity index (χ0v) is 22.8. The summed E-state index contributed by atoms with van der Waals surface area (Å²) in [4.78, 5) is 0.0400. The predicted molar refractivity (Wildman–Crippen MR) is 145 cm³/mol. The Bertz CT molecular complexity index is 1670. The molecule has 1 aliphatic heterocycles. The van der Waals surface area contributed by atoms with Gasteiger partial charge in [0, 0.05) is 28.9 Å². The van der Waals surface area contributed by atoms with E-state index in [9.17, 15) is 22.1 Å². The van der Waals surface area contributed by atoms with Crippen LogP contribution in [0.4, 0.5) is 0 Å². The van der Waals surface area contributed by atoms with Crippen LogP contribution in [0.3, 0.4) is 0 Å². The molecule has 0 amide bonds. The van der Waals surface area contributed by atoms with Crippen molar-refractivity contribution in [1.82, 2.24) is 4.31 Å². The van der Waals surface area contributed by atoms with Gasteiger partial charge in [-0.2, -0.15) is 13.7 Å². The van der Waals surface area contributed by atoms with Crippen molar-refractivity contribution < 1.29 is 21.0 Å². The van der Waals surface area contributed by atoms with E-state index < -0.39 is 26.1 Å². The quantitative estimate of drug-likeness (QED) is 0.199. The monoisotopic (exact) mass is 566 g/mol. The normalized spacial score (nSPS) is 14.6. The first-order valence-electron chi connectivity index (χ1n) is 11.4. The van der Waals surface area contributed by atoms with Gasteiger partial charge < -0.3 is 4.18 Å². The van der Waals surface area contributed by atoms with E-state index in [1.54, 1.807) is 48.5 Å². The van der Waals surface area contributed by atoms with Gasteiger partial charge in [-0.05, 0) is 62.4 Å². The molecule has 0 bridgehead atoms. The molecule has 7 nitrogen and oxygen atoms in total. The molecule has 1 heterocycles. The Hall–Kier alpha value is -3.84. The minimum atomic E-state index is -4.30. The third-order valence-corrected chi connectivity index (χ3v) is 8.94. The molecule has 4 rings (SSSR count). The van der Waals surface area contributed by atoms with Gasteiger partial charge in [0.2, 0.25) is 0 Å². The van der Waals surface area contributed by atoms with E-state index in [0.717, 1.165) is 15.4 Å². The highest BCUT2D eigenvalue weighted by molar-refractivity contribution is 7.89. The zero-order valence-electron chi connectivity index (χ0n) is 20.4. The van der Waals surface area contributed by atoms with Crippen LogP contribution < -0.4 is 0 Å². The number of nitriles is 1. The van der Waals surface area contributed by atoms with Crippen LogP contribution >= 0.6 is 11.6 Å². The van der Waals surface area contributed by atoms with E-state index in [0.29, 0.717) is 10.6 Å². The van der Waals surface area contributed by atoms with Crippen LogP contribution in [0.15, 0.2) is 113 Å². The van der Waals surface area contributed by atoms with Gasteiger partial charge in [-0.3, -0.25) is 0 Å². The van der Waals surface area contributed by atoms with Gasteiger partial charge in [0.1, 0.15) is 4.90 Å². The van der Waals surface area contributed by atoms with Crippen LogP contribution in [0, 0.1) is 31.1 Å². The minimum absolute atomic E-state index is 0.0251. The third kappa shape index (κ3) is 5.83. The molecule has 0 saturated carbocycles. The van der Waals surface area contributed by atoms with E-state index >= 15 is 0 Å². The maximum Gasteiger partial charge on any atom is 0.339 e. The molecule has 0 unspecified atom stereocenters. The molecule has 0 N–H and O–H groups in total. The van der Waals surface area contributed by atoms with Crippen molar-refractivity contribution in [3.63, 3.8) is 0 Å². The molecule has 0 aliphatic carbocycles. The molecule has 0 saturated heterocycles. The fourth-order valence-corrected chi connectivity index (χ4v) is 5.92. The molecule has 0 aromatic heterocycles. The molecule has 0 spiro atoms. The summed E-state index contributed by atoms with van der Waals surface area (Å²) in [6.45, 7) is 3.69. The van der Waals surface area contributed by atoms with Crippen LogP contribution in [-0.2, 0) is 24.3 Å². The molecule has 0 atom stereocenters. The summed E-state index contributed by atoms with van der Waals surface area (Å²) in [7, 11) is -8.16. The van der Waals surface area contributed by atoms with Crippen LogP contribution in [0.2, 0.25) is 5.02 Å². The number of halogens is 1. The summed E-state index contributed by atoms with van der Waals surface area (Å²) < 4.78 is 58.9. The van der Waals surface area contributed by atoms with Gasteiger partial charge >= 0.3 is 10.1 Å². The Kier molecular flexibility index (Phi) is 7.78. The SMILES string of the molecule is Cc1ccc(S(=O)(=O)O/C(=C(\C#N)C2C=CN(S(=O)(=O)c3ccc(C)cc3)C=C2)c2ccc(Cl)cc2)cc1. The lowest BCUT2D eigenvalue weighted by Gasteiger charge is -2.22. The summed E-state index contributed by atoms with van der Waals surface area (Å²) in [5.41, 5.74) is 2.09. The topological polar surface area (TPSA) is 105 Å². The molecule has 0 radical (unpaired) electrons. The maximum absolute atomic E-state index is 13.1. The molecule has 0 fully saturated rings. The summed E-state index contributed by atoms with van der Waals surface area (Å²) in [6.07, 6.45) is 5.63. The molecule has 38 heavy (non-hydrogen) atoms. The first-order chi connectivity index (χ1) is 18.0. The standard InChI is InChI=1S/C28H23ClN2O5S2/c1-20-3-11-25(12-4-20)37(32,33)31-17-15-22(16-18-31)27(19-30)28(23-7-9-24(29)10-8-23)36-38(34,35)26-13-5-21(2)6-14-26/h3-18,22H,1-2H3/b28-27+. The Balaban J connectivity index is 1.73. The van der Waals surface area contributed by atoms with Crippen molar-refractivity contribution >= 4 is 37.5 Å². The highest BCUT2D eigenvalue weighted by atomic mass is 35.5. The number of allylic oxidation sites excluding steroid dienone is 3. The molecule has 3 aromatic carbocycles. The molecular weight excluding hydrogens is 544 g/mol. The average Bonchev–Trinajstić information content (AvgIpc) is 2.90. The van der Waals surface area contributed by atoms with E-state index in [1.165, 1.54) is 48.8 Å². The Labute approximate surface area is 227 Å². The Morgan fingerprint density at radius 3 is 1.82 bits per heavy atom. The summed E-state index contributed by atoms with van der Waals surface area (Å²) >= 11 is 6.02. The van der Waals surface area contributed by atoms with Crippen LogP contribution in [-0.4, -0.2) is 21.1 Å². The number of nitrogens with zero attached hydrogens (tertiary/aromatic N) is 2. The van der Waals surface area contributed by atoms with Crippen LogP contribution in [0.1, 0.15) is 16.7 Å². The fraction of sp³-hybridized carbons (Fsp3) is 0.107. The lowest BCUT2D eigenvalue weighted by atomic mass is 9.95. The van der Waals surface area contributed by atoms with Crippen molar-refractivity contribution in [2.24, 2.45) is 5.92 Å². The molecular formula is C28H23ClN2O5S2. The number of aryl methyl sites for hydroxylation is 2. The average molecular weight is 567 g/mol. The summed E-state index contributed by atoms with van der Waals surface area (Å²) in [5, 5.41) is 10.5. The number of benzene rings is 3. The second kappa shape index (κ2) is 10.9. The summed E-state index contributed by atoms with van der Waals surface area (Å²) in [6, 6.07) is 20.8. The van der Waals surface area contributed by atoms with E-state index in [4.69, 9.17) is 15.8 Å². The van der Waals surface area contributed by atoms with Crippen molar-refractivity contribution in [2.45, 2.75) is 23.6 Å².